The molecular weight excluding hydrogens is 536 g/mol. The maximum atomic E-state index is 13.4. The van der Waals surface area contributed by atoms with Crippen LogP contribution in [0.25, 0.3) is 22.0 Å². The first-order valence-electron chi connectivity index (χ1n) is 15.2. The van der Waals surface area contributed by atoms with E-state index in [1.54, 1.807) is 12.3 Å². The molecule has 1 unspecified atom stereocenters. The van der Waals surface area contributed by atoms with Crippen molar-refractivity contribution in [3.63, 3.8) is 0 Å². The van der Waals surface area contributed by atoms with Crippen LogP contribution in [0.15, 0.2) is 91.1 Å². The number of likely N-dealkylation sites (tertiary alicyclic amines) is 1. The number of carbonyl (C=O) groups excluding carboxylic acids is 3. The Hall–Kier alpha value is -4.36. The van der Waals surface area contributed by atoms with Crippen LogP contribution in [0.4, 0.5) is 0 Å². The summed E-state index contributed by atoms with van der Waals surface area (Å²) in [6.45, 7) is 5.89. The van der Waals surface area contributed by atoms with Gasteiger partial charge in [-0.2, -0.15) is 0 Å². The van der Waals surface area contributed by atoms with Crippen LogP contribution in [0.2, 0.25) is 0 Å². The molecule has 5 rings (SSSR count). The quantitative estimate of drug-likeness (QED) is 0.262. The van der Waals surface area contributed by atoms with Crippen molar-refractivity contribution in [3.05, 3.63) is 102 Å². The summed E-state index contributed by atoms with van der Waals surface area (Å²) in [4.78, 5) is 46.5. The van der Waals surface area contributed by atoms with Gasteiger partial charge >= 0.3 is 0 Å². The molecule has 7 nitrogen and oxygen atoms in total. The number of hydrogen-bond acceptors (Lipinski definition) is 5. The normalized spacial score (nSPS) is 16.5. The van der Waals surface area contributed by atoms with Crippen molar-refractivity contribution in [1.29, 1.82) is 0 Å². The van der Waals surface area contributed by atoms with E-state index in [1.807, 2.05) is 74.5 Å². The van der Waals surface area contributed by atoms with Crippen molar-refractivity contribution in [1.82, 2.24) is 20.5 Å². The van der Waals surface area contributed by atoms with Crippen LogP contribution >= 0.6 is 0 Å². The van der Waals surface area contributed by atoms with Gasteiger partial charge in [-0.15, -0.1) is 0 Å². The summed E-state index contributed by atoms with van der Waals surface area (Å²) < 4.78 is 0. The van der Waals surface area contributed by atoms with Gasteiger partial charge in [-0.3, -0.25) is 24.3 Å². The second-order valence-electron chi connectivity index (χ2n) is 11.8. The number of pyridine rings is 1. The zero-order valence-electron chi connectivity index (χ0n) is 25.0. The number of benzene rings is 3. The molecule has 2 amide bonds. The van der Waals surface area contributed by atoms with Crippen molar-refractivity contribution in [2.75, 3.05) is 19.6 Å². The van der Waals surface area contributed by atoms with Gasteiger partial charge in [-0.05, 0) is 84.8 Å². The number of carbonyl (C=O) groups is 3. The first kappa shape index (κ1) is 30.1. The van der Waals surface area contributed by atoms with Crippen LogP contribution in [0, 0.1) is 5.92 Å². The molecule has 0 saturated carbocycles. The van der Waals surface area contributed by atoms with E-state index in [-0.39, 0.29) is 23.5 Å². The molecule has 1 fully saturated rings. The van der Waals surface area contributed by atoms with Crippen molar-refractivity contribution < 1.29 is 14.4 Å². The highest BCUT2D eigenvalue weighted by atomic mass is 16.2. The van der Waals surface area contributed by atoms with Gasteiger partial charge in [-0.25, -0.2) is 0 Å². The van der Waals surface area contributed by atoms with Crippen molar-refractivity contribution >= 4 is 28.4 Å². The average Bonchev–Trinajstić information content (AvgIpc) is 3.20. The van der Waals surface area contributed by atoms with Gasteiger partial charge in [0.2, 0.25) is 5.91 Å². The van der Waals surface area contributed by atoms with E-state index in [9.17, 15) is 14.4 Å². The number of nitrogens with zero attached hydrogens (tertiary/aromatic N) is 2. The SMILES string of the molecule is CC(C)C[C@H](NC(=O)c1ccc2ccccc2c1)C(=O)NC1CCCN(CCc2cccc(-c3ccccn3)c2)CC1=O. The summed E-state index contributed by atoms with van der Waals surface area (Å²) in [5, 5.41) is 7.94. The van der Waals surface area contributed by atoms with Crippen molar-refractivity contribution in [3.8, 4) is 11.3 Å². The van der Waals surface area contributed by atoms with Gasteiger partial charge in [0.1, 0.15) is 6.04 Å². The van der Waals surface area contributed by atoms with E-state index >= 15 is 0 Å². The molecule has 4 aromatic rings. The monoisotopic (exact) mass is 576 g/mol. The second kappa shape index (κ2) is 14.2. The summed E-state index contributed by atoms with van der Waals surface area (Å²) in [7, 11) is 0. The number of amides is 2. The van der Waals surface area contributed by atoms with E-state index in [0.717, 1.165) is 48.0 Å². The fraction of sp³-hybridized carbons (Fsp3) is 0.333. The number of fused-ring (bicyclic) bond motifs is 1. The predicted molar refractivity (Wildman–Crippen MR) is 171 cm³/mol. The molecule has 0 spiro atoms. The van der Waals surface area contributed by atoms with Crippen LogP contribution in [-0.4, -0.2) is 59.2 Å². The van der Waals surface area contributed by atoms with E-state index in [0.29, 0.717) is 24.9 Å². The number of ketones is 1. The lowest BCUT2D eigenvalue weighted by Gasteiger charge is -2.24. The standard InChI is InChI=1S/C36H40N4O3/c1-25(2)21-33(39-35(42)30-16-15-27-10-3-4-11-28(27)23-30)36(43)38-32-14-8-19-40(24-34(32)41)20-17-26-9-7-12-29(22-26)31-13-5-6-18-37-31/h3-7,9-13,15-16,18,22-23,25,32-33H,8,14,17,19-21,24H2,1-2H3,(H,38,43)(H,39,42)/t32?,33-/m0/s1. The first-order valence-corrected chi connectivity index (χ1v) is 15.2. The Labute approximate surface area is 253 Å². The number of aromatic nitrogens is 1. The molecule has 3 aromatic carbocycles. The molecule has 43 heavy (non-hydrogen) atoms. The summed E-state index contributed by atoms with van der Waals surface area (Å²) >= 11 is 0. The van der Waals surface area contributed by atoms with Crippen molar-refractivity contribution in [2.45, 2.75) is 51.6 Å². The Kier molecular flexibility index (Phi) is 9.95. The predicted octanol–water partition coefficient (Wildman–Crippen LogP) is 5.44. The Morgan fingerprint density at radius 1 is 0.953 bits per heavy atom. The minimum absolute atomic E-state index is 0.0113. The van der Waals surface area contributed by atoms with Gasteiger partial charge in [0, 0.05) is 23.9 Å². The highest BCUT2D eigenvalue weighted by Gasteiger charge is 2.30. The molecule has 2 atom stereocenters. The third-order valence-corrected chi connectivity index (χ3v) is 8.00. The van der Waals surface area contributed by atoms with Gasteiger partial charge in [0.25, 0.3) is 5.91 Å². The van der Waals surface area contributed by atoms with Gasteiger partial charge < -0.3 is 10.6 Å². The maximum Gasteiger partial charge on any atom is 0.251 e. The van der Waals surface area contributed by atoms with Gasteiger partial charge in [0.15, 0.2) is 5.78 Å². The minimum atomic E-state index is -0.725. The lowest BCUT2D eigenvalue weighted by Crippen LogP contribution is -2.52. The van der Waals surface area contributed by atoms with E-state index in [4.69, 9.17) is 0 Å². The van der Waals surface area contributed by atoms with Crippen LogP contribution in [0.3, 0.4) is 0 Å². The Morgan fingerprint density at radius 2 is 1.77 bits per heavy atom. The molecule has 0 bridgehead atoms. The zero-order chi connectivity index (χ0) is 30.2. The topological polar surface area (TPSA) is 91.4 Å². The molecule has 2 heterocycles. The maximum absolute atomic E-state index is 13.4. The number of Topliss-reactive ketones (excluding diaryl/α,β-unsaturated/α-hetero) is 1. The largest absolute Gasteiger partial charge is 0.344 e. The fourth-order valence-electron chi connectivity index (χ4n) is 5.69. The first-order chi connectivity index (χ1) is 20.9. The average molecular weight is 577 g/mol. The Morgan fingerprint density at radius 3 is 2.56 bits per heavy atom. The molecule has 7 heteroatoms. The van der Waals surface area contributed by atoms with E-state index in [2.05, 4.69) is 38.7 Å². The van der Waals surface area contributed by atoms with Gasteiger partial charge in [0.05, 0.1) is 18.3 Å². The molecule has 222 valence electrons. The summed E-state index contributed by atoms with van der Waals surface area (Å²) in [5.41, 5.74) is 3.73. The molecule has 0 radical (unpaired) electrons. The highest BCUT2D eigenvalue weighted by molar-refractivity contribution is 6.01. The summed E-state index contributed by atoms with van der Waals surface area (Å²) in [5.74, 6) is -0.403. The molecular formula is C36H40N4O3. The van der Waals surface area contributed by atoms with Crippen LogP contribution < -0.4 is 10.6 Å². The lowest BCUT2D eigenvalue weighted by atomic mass is 10.0. The summed E-state index contributed by atoms with van der Waals surface area (Å²) in [6, 6.07) is 26.4. The Balaban J connectivity index is 1.17. The molecule has 1 aliphatic heterocycles. The second-order valence-corrected chi connectivity index (χ2v) is 11.8. The smallest absolute Gasteiger partial charge is 0.251 e. The molecule has 1 aliphatic rings. The molecule has 1 aromatic heterocycles. The van der Waals surface area contributed by atoms with E-state index < -0.39 is 12.1 Å². The summed E-state index contributed by atoms with van der Waals surface area (Å²) in [6.07, 6.45) is 4.49. The molecule has 2 N–H and O–H groups in total. The van der Waals surface area contributed by atoms with Crippen molar-refractivity contribution in [2.24, 2.45) is 5.92 Å². The number of nitrogens with one attached hydrogen (secondary N) is 2. The fourth-order valence-corrected chi connectivity index (χ4v) is 5.69. The number of rotatable bonds is 10. The van der Waals surface area contributed by atoms with Gasteiger partial charge in [-0.1, -0.05) is 68.4 Å². The third kappa shape index (κ3) is 8.14. The van der Waals surface area contributed by atoms with E-state index in [1.165, 1.54) is 5.56 Å². The van der Waals surface area contributed by atoms with Crippen LogP contribution in [0.5, 0.6) is 0 Å². The molecule has 1 saturated heterocycles. The minimum Gasteiger partial charge on any atom is -0.344 e. The highest BCUT2D eigenvalue weighted by Crippen LogP contribution is 2.19. The number of hydrogen-bond donors (Lipinski definition) is 2. The van der Waals surface area contributed by atoms with Crippen LogP contribution in [-0.2, 0) is 16.0 Å². The lowest BCUT2D eigenvalue weighted by molar-refractivity contribution is -0.129. The zero-order valence-corrected chi connectivity index (χ0v) is 25.0. The Bertz CT molecular complexity index is 1570. The van der Waals surface area contributed by atoms with Crippen LogP contribution in [0.1, 0.15) is 49.0 Å². The molecule has 0 aliphatic carbocycles. The third-order valence-electron chi connectivity index (χ3n) is 8.00.